The molecule has 1 rings (SSSR count). The van der Waals surface area contributed by atoms with E-state index < -0.39 is 0 Å². The van der Waals surface area contributed by atoms with Gasteiger partial charge in [0.25, 0.3) is 0 Å². The molecule has 12 heavy (non-hydrogen) atoms. The van der Waals surface area contributed by atoms with Gasteiger partial charge in [0, 0.05) is 11.1 Å². The second-order valence-corrected chi connectivity index (χ2v) is 3.84. The summed E-state index contributed by atoms with van der Waals surface area (Å²) >= 11 is 8.85. The molecule has 0 aliphatic rings. The Hall–Kier alpha value is -0.120. The van der Waals surface area contributed by atoms with E-state index in [0.717, 1.165) is 0 Å². The summed E-state index contributed by atoms with van der Waals surface area (Å²) in [5.74, 6) is -0.341. The van der Waals surface area contributed by atoms with E-state index in [0.29, 0.717) is 15.1 Å². The second kappa shape index (κ2) is 3.73. The van der Waals surface area contributed by atoms with Crippen molar-refractivity contribution in [2.24, 2.45) is 5.73 Å². The van der Waals surface area contributed by atoms with Crippen molar-refractivity contribution in [3.8, 4) is 0 Å². The molecule has 0 fully saturated rings. The van der Waals surface area contributed by atoms with Crippen LogP contribution in [0, 0.1) is 5.82 Å². The summed E-state index contributed by atoms with van der Waals surface area (Å²) in [6.07, 6.45) is 0. The Morgan fingerprint density at radius 2 is 2.17 bits per heavy atom. The largest absolute Gasteiger partial charge is 0.324 e. The minimum atomic E-state index is -0.341. The van der Waals surface area contributed by atoms with Crippen LogP contribution in [0.4, 0.5) is 4.39 Å². The van der Waals surface area contributed by atoms with E-state index >= 15 is 0 Å². The van der Waals surface area contributed by atoms with Gasteiger partial charge in [-0.15, -0.1) is 0 Å². The average molecular weight is 253 g/mol. The first-order valence-corrected chi connectivity index (χ1v) is 4.59. The van der Waals surface area contributed by atoms with Gasteiger partial charge < -0.3 is 5.73 Å². The number of halogens is 3. The zero-order valence-corrected chi connectivity index (χ0v) is 8.79. The highest BCUT2D eigenvalue weighted by Gasteiger charge is 2.09. The van der Waals surface area contributed by atoms with Gasteiger partial charge in [-0.05, 0) is 40.5 Å². The molecule has 1 unspecified atom stereocenters. The fourth-order valence-electron chi connectivity index (χ4n) is 0.887. The second-order valence-electron chi connectivity index (χ2n) is 2.58. The SMILES string of the molecule is CC(N)c1cc(F)c(Br)cc1Cl. The third-order valence-electron chi connectivity index (χ3n) is 1.53. The van der Waals surface area contributed by atoms with Crippen LogP contribution in [0.5, 0.6) is 0 Å². The smallest absolute Gasteiger partial charge is 0.137 e. The standard InChI is InChI=1S/C8H8BrClFN/c1-4(12)5-2-8(11)6(9)3-7(5)10/h2-4H,12H2,1H3. The van der Waals surface area contributed by atoms with Crippen LogP contribution < -0.4 is 5.73 Å². The topological polar surface area (TPSA) is 26.0 Å². The summed E-state index contributed by atoms with van der Waals surface area (Å²) in [6, 6.07) is 2.60. The van der Waals surface area contributed by atoms with Crippen molar-refractivity contribution in [1.82, 2.24) is 0 Å². The Balaban J connectivity index is 3.23. The summed E-state index contributed by atoms with van der Waals surface area (Å²) in [5, 5.41) is 0.485. The summed E-state index contributed by atoms with van der Waals surface area (Å²) in [7, 11) is 0. The summed E-state index contributed by atoms with van der Waals surface area (Å²) in [6.45, 7) is 1.76. The lowest BCUT2D eigenvalue weighted by Crippen LogP contribution is -2.06. The van der Waals surface area contributed by atoms with Crippen LogP contribution in [-0.2, 0) is 0 Å². The lowest BCUT2D eigenvalue weighted by atomic mass is 10.1. The first-order chi connectivity index (χ1) is 5.52. The van der Waals surface area contributed by atoms with Gasteiger partial charge in [0.05, 0.1) is 4.47 Å². The molecule has 1 aromatic carbocycles. The van der Waals surface area contributed by atoms with Crippen LogP contribution in [-0.4, -0.2) is 0 Å². The maximum atomic E-state index is 13.0. The Bertz CT molecular complexity index is 301. The van der Waals surface area contributed by atoms with Crippen molar-refractivity contribution in [2.75, 3.05) is 0 Å². The molecule has 0 amide bonds. The first kappa shape index (κ1) is 9.96. The molecular formula is C8H8BrClFN. The van der Waals surface area contributed by atoms with Gasteiger partial charge in [0.2, 0.25) is 0 Å². The predicted octanol–water partition coefficient (Wildman–Crippen LogP) is 3.26. The highest BCUT2D eigenvalue weighted by atomic mass is 79.9. The summed E-state index contributed by atoms with van der Waals surface area (Å²) in [5.41, 5.74) is 6.19. The molecule has 0 aliphatic carbocycles. The van der Waals surface area contributed by atoms with Crippen LogP contribution in [0.1, 0.15) is 18.5 Å². The normalized spacial score (nSPS) is 13.1. The minimum absolute atomic E-state index is 0.250. The zero-order valence-electron chi connectivity index (χ0n) is 6.44. The monoisotopic (exact) mass is 251 g/mol. The Morgan fingerprint density at radius 3 is 2.67 bits per heavy atom. The minimum Gasteiger partial charge on any atom is -0.324 e. The van der Waals surface area contributed by atoms with Crippen molar-refractivity contribution < 1.29 is 4.39 Å². The van der Waals surface area contributed by atoms with Crippen molar-refractivity contribution in [3.63, 3.8) is 0 Å². The molecule has 0 heterocycles. The third kappa shape index (κ3) is 1.97. The van der Waals surface area contributed by atoms with Crippen molar-refractivity contribution in [1.29, 1.82) is 0 Å². The Kier molecular flexibility index (Phi) is 3.09. The van der Waals surface area contributed by atoms with E-state index in [1.54, 1.807) is 6.92 Å². The molecule has 1 nitrogen and oxygen atoms in total. The number of benzene rings is 1. The summed E-state index contributed by atoms with van der Waals surface area (Å²) < 4.78 is 13.3. The molecule has 0 spiro atoms. The molecule has 0 radical (unpaired) electrons. The molecule has 0 aromatic heterocycles. The number of hydrogen-bond acceptors (Lipinski definition) is 1. The predicted molar refractivity (Wildman–Crippen MR) is 51.7 cm³/mol. The molecule has 0 bridgehead atoms. The fourth-order valence-corrected chi connectivity index (χ4v) is 1.70. The molecule has 0 saturated carbocycles. The van der Waals surface area contributed by atoms with Crippen LogP contribution in [0.2, 0.25) is 5.02 Å². The maximum absolute atomic E-state index is 13.0. The van der Waals surface area contributed by atoms with Crippen LogP contribution >= 0.6 is 27.5 Å². The van der Waals surface area contributed by atoms with Gasteiger partial charge in [0.15, 0.2) is 0 Å². The lowest BCUT2D eigenvalue weighted by molar-refractivity contribution is 0.615. The van der Waals surface area contributed by atoms with E-state index in [9.17, 15) is 4.39 Å². The van der Waals surface area contributed by atoms with Crippen molar-refractivity contribution >= 4 is 27.5 Å². The number of hydrogen-bond donors (Lipinski definition) is 1. The molecular weight excluding hydrogens is 244 g/mol. The van der Waals surface area contributed by atoms with Gasteiger partial charge in [0.1, 0.15) is 5.82 Å². The maximum Gasteiger partial charge on any atom is 0.137 e. The molecule has 0 aliphatic heterocycles. The van der Waals surface area contributed by atoms with Gasteiger partial charge in [-0.1, -0.05) is 11.6 Å². The highest BCUT2D eigenvalue weighted by Crippen LogP contribution is 2.27. The van der Waals surface area contributed by atoms with E-state index in [2.05, 4.69) is 15.9 Å². The van der Waals surface area contributed by atoms with E-state index in [4.69, 9.17) is 17.3 Å². The lowest BCUT2D eigenvalue weighted by Gasteiger charge is -2.08. The first-order valence-electron chi connectivity index (χ1n) is 3.42. The van der Waals surface area contributed by atoms with E-state index in [1.807, 2.05) is 0 Å². The van der Waals surface area contributed by atoms with Gasteiger partial charge in [-0.25, -0.2) is 4.39 Å². The zero-order chi connectivity index (χ0) is 9.30. The van der Waals surface area contributed by atoms with E-state index in [1.165, 1.54) is 12.1 Å². The van der Waals surface area contributed by atoms with Crippen LogP contribution in [0.3, 0.4) is 0 Å². The number of nitrogens with two attached hydrogens (primary N) is 1. The Labute approximate surface area is 83.8 Å². The van der Waals surface area contributed by atoms with E-state index in [-0.39, 0.29) is 11.9 Å². The molecule has 66 valence electrons. The number of rotatable bonds is 1. The quantitative estimate of drug-likeness (QED) is 0.763. The van der Waals surface area contributed by atoms with Crippen molar-refractivity contribution in [2.45, 2.75) is 13.0 Å². The van der Waals surface area contributed by atoms with Gasteiger partial charge in [-0.3, -0.25) is 0 Å². The molecule has 1 atom stereocenters. The highest BCUT2D eigenvalue weighted by molar-refractivity contribution is 9.10. The summed E-state index contributed by atoms with van der Waals surface area (Å²) in [4.78, 5) is 0. The van der Waals surface area contributed by atoms with Crippen molar-refractivity contribution in [3.05, 3.63) is 33.0 Å². The molecule has 2 N–H and O–H groups in total. The third-order valence-corrected chi connectivity index (χ3v) is 2.47. The Morgan fingerprint density at radius 1 is 1.58 bits per heavy atom. The average Bonchev–Trinajstić information content (AvgIpc) is 1.96. The van der Waals surface area contributed by atoms with Crippen LogP contribution in [0.25, 0.3) is 0 Å². The van der Waals surface area contributed by atoms with Crippen LogP contribution in [0.15, 0.2) is 16.6 Å². The van der Waals surface area contributed by atoms with Gasteiger partial charge in [-0.2, -0.15) is 0 Å². The molecule has 0 saturated heterocycles. The van der Waals surface area contributed by atoms with Gasteiger partial charge >= 0.3 is 0 Å². The molecule has 4 heteroatoms. The molecule has 1 aromatic rings. The fraction of sp³-hybridized carbons (Fsp3) is 0.250.